The quantitative estimate of drug-likeness (QED) is 0.448. The van der Waals surface area contributed by atoms with Crippen molar-refractivity contribution >= 4 is 24.1 Å². The highest BCUT2D eigenvalue weighted by Gasteiger charge is 2.12. The summed E-state index contributed by atoms with van der Waals surface area (Å²) in [4.78, 5) is 23.4. The maximum atomic E-state index is 11.7. The van der Waals surface area contributed by atoms with E-state index in [4.69, 9.17) is 9.47 Å². The van der Waals surface area contributed by atoms with Crippen molar-refractivity contribution in [3.63, 3.8) is 0 Å². The second kappa shape index (κ2) is 7.62. The van der Waals surface area contributed by atoms with Gasteiger partial charge in [0.1, 0.15) is 0 Å². The predicted molar refractivity (Wildman–Crippen MR) is 103 cm³/mol. The molecule has 0 radical (unpaired) electrons. The Morgan fingerprint density at radius 1 is 0.704 bits per heavy atom. The molecule has 4 nitrogen and oxygen atoms in total. The summed E-state index contributed by atoms with van der Waals surface area (Å²) in [5.41, 5.74) is 7.34. The molecule has 136 valence electrons. The first-order chi connectivity index (χ1) is 13.2. The fourth-order valence-electron chi connectivity index (χ4n) is 3.21. The molecule has 0 aliphatic heterocycles. The van der Waals surface area contributed by atoms with E-state index in [0.29, 0.717) is 0 Å². The van der Waals surface area contributed by atoms with Crippen LogP contribution in [0, 0.1) is 0 Å². The zero-order chi connectivity index (χ0) is 18.6. The van der Waals surface area contributed by atoms with Gasteiger partial charge in [-0.1, -0.05) is 36.4 Å². The van der Waals surface area contributed by atoms with Crippen molar-refractivity contribution in [2.45, 2.75) is 25.7 Å². The van der Waals surface area contributed by atoms with Gasteiger partial charge in [0.25, 0.3) is 0 Å². The third-order valence-corrected chi connectivity index (χ3v) is 5.01. The summed E-state index contributed by atoms with van der Waals surface area (Å²) in [6, 6.07) is 12.3. The molecule has 0 aromatic heterocycles. The zero-order valence-electron chi connectivity index (χ0n) is 14.9. The number of carbonyl (C=O) groups is 2. The topological polar surface area (TPSA) is 52.6 Å². The standard InChI is InChI=1S/C23H20O4/c24-22(11-3-16-1-5-18-7-9-20(18)13-16)26-15-27-23(25)12-4-17-2-6-19-8-10-21(19)14-17/h1-6,11-14H,7-10,15H2. The van der Waals surface area contributed by atoms with Crippen LogP contribution in [0.3, 0.4) is 0 Å². The van der Waals surface area contributed by atoms with Crippen LogP contribution in [0.2, 0.25) is 0 Å². The van der Waals surface area contributed by atoms with Crippen molar-refractivity contribution in [1.82, 2.24) is 0 Å². The van der Waals surface area contributed by atoms with Gasteiger partial charge in [-0.3, -0.25) is 0 Å². The second-order valence-electron chi connectivity index (χ2n) is 6.77. The molecule has 0 saturated heterocycles. The number of aryl methyl sites for hydroxylation is 4. The molecule has 0 heterocycles. The highest BCUT2D eigenvalue weighted by Crippen LogP contribution is 2.24. The van der Waals surface area contributed by atoms with Gasteiger partial charge in [0.15, 0.2) is 0 Å². The lowest BCUT2D eigenvalue weighted by Crippen LogP contribution is -2.10. The van der Waals surface area contributed by atoms with Crippen LogP contribution in [-0.2, 0) is 44.7 Å². The summed E-state index contributed by atoms with van der Waals surface area (Å²) >= 11 is 0. The minimum atomic E-state index is -0.545. The molecule has 2 aliphatic carbocycles. The maximum Gasteiger partial charge on any atom is 0.333 e. The molecule has 0 fully saturated rings. The Kier molecular flexibility index (Phi) is 4.88. The molecule has 0 unspecified atom stereocenters. The van der Waals surface area contributed by atoms with E-state index in [2.05, 4.69) is 24.3 Å². The van der Waals surface area contributed by atoms with Crippen LogP contribution >= 0.6 is 0 Å². The molecule has 0 spiro atoms. The highest BCUT2D eigenvalue weighted by molar-refractivity contribution is 5.88. The molecule has 0 N–H and O–H groups in total. The Balaban J connectivity index is 1.20. The summed E-state index contributed by atoms with van der Waals surface area (Å²) < 4.78 is 9.79. The van der Waals surface area contributed by atoms with Crippen molar-refractivity contribution in [2.75, 3.05) is 6.79 Å². The largest absolute Gasteiger partial charge is 0.425 e. The van der Waals surface area contributed by atoms with Crippen LogP contribution in [0.5, 0.6) is 0 Å². The Morgan fingerprint density at radius 2 is 1.15 bits per heavy atom. The number of hydrogen-bond acceptors (Lipinski definition) is 4. The van der Waals surface area contributed by atoms with Crippen LogP contribution < -0.4 is 0 Å². The Morgan fingerprint density at radius 3 is 1.52 bits per heavy atom. The molecule has 2 aliphatic rings. The average Bonchev–Trinajstić information content (AvgIpc) is 2.61. The first-order valence-electron chi connectivity index (χ1n) is 9.11. The summed E-state index contributed by atoms with van der Waals surface area (Å²) in [6.45, 7) is -0.402. The third-order valence-electron chi connectivity index (χ3n) is 5.01. The normalized spacial score (nSPS) is 14.2. The van der Waals surface area contributed by atoms with Crippen LogP contribution in [0.4, 0.5) is 0 Å². The van der Waals surface area contributed by atoms with E-state index in [9.17, 15) is 9.59 Å². The second-order valence-corrected chi connectivity index (χ2v) is 6.77. The Labute approximate surface area is 158 Å². The van der Waals surface area contributed by atoms with E-state index in [-0.39, 0.29) is 0 Å². The molecule has 4 heteroatoms. The van der Waals surface area contributed by atoms with Crippen molar-refractivity contribution < 1.29 is 19.1 Å². The van der Waals surface area contributed by atoms with E-state index in [1.54, 1.807) is 12.2 Å². The Hall–Kier alpha value is -3.14. The molecule has 4 rings (SSSR count). The van der Waals surface area contributed by atoms with Crippen LogP contribution in [0.1, 0.15) is 33.4 Å². The molecule has 27 heavy (non-hydrogen) atoms. The van der Waals surface area contributed by atoms with Crippen molar-refractivity contribution in [2.24, 2.45) is 0 Å². The molecule has 0 amide bonds. The Bertz CT molecular complexity index is 875. The zero-order valence-corrected chi connectivity index (χ0v) is 14.9. The fraction of sp³-hybridized carbons (Fsp3) is 0.217. The van der Waals surface area contributed by atoms with Gasteiger partial charge in [-0.05, 0) is 71.2 Å². The third kappa shape index (κ3) is 4.17. The number of carbonyl (C=O) groups excluding carboxylic acids is 2. The summed E-state index contributed by atoms with van der Waals surface area (Å²) in [5, 5.41) is 0. The van der Waals surface area contributed by atoms with Gasteiger partial charge in [0, 0.05) is 12.2 Å². The monoisotopic (exact) mass is 360 g/mol. The number of hydrogen-bond donors (Lipinski definition) is 0. The lowest BCUT2D eigenvalue weighted by atomic mass is 9.87. The molecular formula is C23H20O4. The van der Waals surface area contributed by atoms with Crippen molar-refractivity contribution in [3.05, 3.63) is 81.9 Å². The van der Waals surface area contributed by atoms with Crippen molar-refractivity contribution in [3.8, 4) is 0 Å². The van der Waals surface area contributed by atoms with Gasteiger partial charge in [0.2, 0.25) is 6.79 Å². The van der Waals surface area contributed by atoms with Crippen LogP contribution in [0.25, 0.3) is 12.2 Å². The van der Waals surface area contributed by atoms with E-state index in [0.717, 1.165) is 36.8 Å². The molecule has 0 saturated carbocycles. The smallest absolute Gasteiger partial charge is 0.333 e. The SMILES string of the molecule is O=C(C=Cc1ccc2c(c1)CC2)OCOC(=O)C=Cc1ccc2c(c1)CC2. The van der Waals surface area contributed by atoms with Gasteiger partial charge in [0.05, 0.1) is 0 Å². The minimum absolute atomic E-state index is 0.402. The molecule has 0 atom stereocenters. The van der Waals surface area contributed by atoms with E-state index in [1.807, 2.05) is 12.1 Å². The summed E-state index contributed by atoms with van der Waals surface area (Å²) in [7, 11) is 0. The fourth-order valence-corrected chi connectivity index (χ4v) is 3.21. The number of ether oxygens (including phenoxy) is 2. The van der Waals surface area contributed by atoms with Crippen molar-refractivity contribution in [1.29, 1.82) is 0 Å². The first-order valence-corrected chi connectivity index (χ1v) is 9.11. The summed E-state index contributed by atoms with van der Waals surface area (Å²) in [5.74, 6) is -1.09. The van der Waals surface area contributed by atoms with E-state index >= 15 is 0 Å². The lowest BCUT2D eigenvalue weighted by Gasteiger charge is -2.18. The molecule has 2 aromatic carbocycles. The number of rotatable bonds is 6. The molecular weight excluding hydrogens is 340 g/mol. The van der Waals surface area contributed by atoms with Gasteiger partial charge in [-0.25, -0.2) is 9.59 Å². The predicted octanol–water partition coefficient (Wildman–Crippen LogP) is 3.65. The summed E-state index contributed by atoms with van der Waals surface area (Å²) in [6.07, 6.45) is 10.5. The van der Waals surface area contributed by atoms with Crippen LogP contribution in [-0.4, -0.2) is 18.7 Å². The highest BCUT2D eigenvalue weighted by atomic mass is 16.7. The van der Waals surface area contributed by atoms with Crippen LogP contribution in [0.15, 0.2) is 48.6 Å². The van der Waals surface area contributed by atoms with Gasteiger partial charge < -0.3 is 9.47 Å². The first kappa shape index (κ1) is 17.3. The molecule has 0 bridgehead atoms. The number of fused-ring (bicyclic) bond motifs is 2. The number of benzene rings is 2. The van der Waals surface area contributed by atoms with Gasteiger partial charge in [-0.15, -0.1) is 0 Å². The maximum absolute atomic E-state index is 11.7. The number of esters is 2. The lowest BCUT2D eigenvalue weighted by molar-refractivity contribution is -0.160. The van der Waals surface area contributed by atoms with Gasteiger partial charge >= 0.3 is 11.9 Å². The minimum Gasteiger partial charge on any atom is -0.425 e. The van der Waals surface area contributed by atoms with E-state index < -0.39 is 18.7 Å². The molecule has 2 aromatic rings. The average molecular weight is 360 g/mol. The van der Waals surface area contributed by atoms with E-state index in [1.165, 1.54) is 34.4 Å². The van der Waals surface area contributed by atoms with Gasteiger partial charge in [-0.2, -0.15) is 0 Å².